The molecule has 2 aromatic carbocycles. The number of halogens is 4. The minimum Gasteiger partial charge on any atom is -0.207 e. The van der Waals surface area contributed by atoms with Crippen LogP contribution in [0.1, 0.15) is 61.1 Å². The zero-order valence-corrected chi connectivity index (χ0v) is 16.7. The second-order valence-corrected chi connectivity index (χ2v) is 8.45. The third kappa shape index (κ3) is 3.50. The van der Waals surface area contributed by atoms with Gasteiger partial charge in [0.1, 0.15) is 17.5 Å². The Morgan fingerprint density at radius 3 is 2.61 bits per heavy atom. The van der Waals surface area contributed by atoms with Crippen molar-refractivity contribution in [2.24, 2.45) is 11.8 Å². The van der Waals surface area contributed by atoms with Gasteiger partial charge in [-0.3, -0.25) is 0 Å². The van der Waals surface area contributed by atoms with E-state index in [0.717, 1.165) is 42.9 Å². The van der Waals surface area contributed by atoms with Gasteiger partial charge in [-0.25, -0.2) is 13.2 Å². The van der Waals surface area contributed by atoms with Crippen molar-refractivity contribution in [3.8, 4) is 0 Å². The Balaban J connectivity index is 1.78. The first kappa shape index (κ1) is 19.6. The van der Waals surface area contributed by atoms with E-state index in [1.165, 1.54) is 6.07 Å². The molecule has 0 saturated heterocycles. The van der Waals surface area contributed by atoms with Crippen molar-refractivity contribution in [2.75, 3.05) is 0 Å². The Hall–Kier alpha value is -1.74. The molecule has 0 radical (unpaired) electrons. The maximum Gasteiger partial charge on any atom is 0.142 e. The van der Waals surface area contributed by atoms with Crippen molar-refractivity contribution in [1.29, 1.82) is 0 Å². The molecule has 1 saturated carbocycles. The summed E-state index contributed by atoms with van der Waals surface area (Å²) in [5, 5.41) is 0.120. The van der Waals surface area contributed by atoms with Gasteiger partial charge >= 0.3 is 0 Å². The van der Waals surface area contributed by atoms with E-state index in [1.54, 1.807) is 12.1 Å². The number of rotatable bonds is 3. The number of hydrogen-bond acceptors (Lipinski definition) is 0. The molecule has 0 unspecified atom stereocenters. The molecule has 0 heterocycles. The van der Waals surface area contributed by atoms with E-state index in [2.05, 4.69) is 19.1 Å². The summed E-state index contributed by atoms with van der Waals surface area (Å²) in [5.41, 5.74) is 2.40. The second-order valence-electron chi connectivity index (χ2n) is 8.04. The predicted molar refractivity (Wildman–Crippen MR) is 107 cm³/mol. The maximum atomic E-state index is 14.3. The monoisotopic (exact) mass is 404 g/mol. The molecule has 0 aromatic heterocycles. The van der Waals surface area contributed by atoms with Gasteiger partial charge in [-0.15, -0.1) is 0 Å². The zero-order valence-electron chi connectivity index (χ0n) is 15.9. The smallest absolute Gasteiger partial charge is 0.142 e. The van der Waals surface area contributed by atoms with Gasteiger partial charge in [-0.2, -0.15) is 0 Å². The molecule has 28 heavy (non-hydrogen) atoms. The highest BCUT2D eigenvalue weighted by Gasteiger charge is 2.43. The summed E-state index contributed by atoms with van der Waals surface area (Å²) in [6.45, 7) is 2.10. The highest BCUT2D eigenvalue weighted by Crippen LogP contribution is 2.54. The summed E-state index contributed by atoms with van der Waals surface area (Å²) in [6.07, 6.45) is 8.60. The molecule has 4 heteroatoms. The third-order valence-electron chi connectivity index (χ3n) is 6.52. The van der Waals surface area contributed by atoms with Gasteiger partial charge in [-0.1, -0.05) is 36.7 Å². The van der Waals surface area contributed by atoms with E-state index in [1.807, 2.05) is 6.07 Å². The Morgan fingerprint density at radius 2 is 1.86 bits per heavy atom. The van der Waals surface area contributed by atoms with Crippen molar-refractivity contribution in [2.45, 2.75) is 50.9 Å². The summed E-state index contributed by atoms with van der Waals surface area (Å²) in [6, 6.07) is 7.57. The Bertz CT molecular complexity index is 905. The van der Waals surface area contributed by atoms with Gasteiger partial charge in [0, 0.05) is 6.07 Å². The van der Waals surface area contributed by atoms with Gasteiger partial charge in [0.05, 0.1) is 5.02 Å². The van der Waals surface area contributed by atoms with Crippen LogP contribution in [0.3, 0.4) is 0 Å². The fourth-order valence-electron chi connectivity index (χ4n) is 5.37. The minimum absolute atomic E-state index is 0.101. The first-order valence-electron chi connectivity index (χ1n) is 10.1. The van der Waals surface area contributed by atoms with Crippen LogP contribution < -0.4 is 0 Å². The van der Waals surface area contributed by atoms with E-state index in [4.69, 9.17) is 11.6 Å². The number of hydrogen-bond donors (Lipinski definition) is 0. The Kier molecular flexibility index (Phi) is 5.55. The first-order valence-corrected chi connectivity index (χ1v) is 10.5. The predicted octanol–water partition coefficient (Wildman–Crippen LogP) is 7.56. The Morgan fingerprint density at radius 1 is 1.04 bits per heavy atom. The van der Waals surface area contributed by atoms with Crippen LogP contribution >= 0.6 is 11.6 Å². The van der Waals surface area contributed by atoms with Crippen LogP contribution in [0.25, 0.3) is 0 Å². The lowest BCUT2D eigenvalue weighted by Crippen LogP contribution is -2.35. The van der Waals surface area contributed by atoms with Crippen molar-refractivity contribution < 1.29 is 13.2 Å². The van der Waals surface area contributed by atoms with Crippen molar-refractivity contribution in [1.82, 2.24) is 0 Å². The van der Waals surface area contributed by atoms with Gasteiger partial charge in [-0.05, 0) is 90.7 Å². The molecular formula is C24H24ClF3. The van der Waals surface area contributed by atoms with E-state index in [-0.39, 0.29) is 22.8 Å². The summed E-state index contributed by atoms with van der Waals surface area (Å²) in [5.74, 6) is -0.615. The highest BCUT2D eigenvalue weighted by atomic mass is 35.5. The lowest BCUT2D eigenvalue weighted by Gasteiger charge is -2.46. The lowest BCUT2D eigenvalue weighted by molar-refractivity contribution is 0.193. The van der Waals surface area contributed by atoms with Crippen molar-refractivity contribution in [3.63, 3.8) is 0 Å². The van der Waals surface area contributed by atoms with Gasteiger partial charge < -0.3 is 0 Å². The van der Waals surface area contributed by atoms with Gasteiger partial charge in [0.15, 0.2) is 0 Å². The van der Waals surface area contributed by atoms with Crippen LogP contribution in [0.15, 0.2) is 42.5 Å². The quantitative estimate of drug-likeness (QED) is 0.463. The molecule has 0 N–H and O–H groups in total. The van der Waals surface area contributed by atoms with E-state index in [0.29, 0.717) is 17.9 Å². The second kappa shape index (κ2) is 7.94. The molecule has 2 aliphatic rings. The molecule has 0 bridgehead atoms. The molecule has 2 aromatic rings. The van der Waals surface area contributed by atoms with Gasteiger partial charge in [0.25, 0.3) is 0 Å². The largest absolute Gasteiger partial charge is 0.207 e. The fourth-order valence-corrected chi connectivity index (χ4v) is 5.49. The average Bonchev–Trinajstić information content (AvgIpc) is 2.67. The van der Waals surface area contributed by atoms with Crippen LogP contribution in [-0.2, 0) is 6.42 Å². The number of benzene rings is 2. The van der Waals surface area contributed by atoms with Crippen LogP contribution in [0.5, 0.6) is 0 Å². The standard InChI is InChI=1S/C24H24ClF3/c1-2-3-4-14-5-7-17-19(24(14)15-6-10-21(25)23(28)11-15)9-8-18-20(17)12-16(26)13-22(18)27/h3-4,6,10-14,17,19,24H,2,5,7-9H2,1H3/b4-3+/t14-,17-,19+,24-/m1/s1. The van der Waals surface area contributed by atoms with Crippen LogP contribution in [0.4, 0.5) is 13.2 Å². The molecule has 0 aliphatic heterocycles. The van der Waals surface area contributed by atoms with E-state index < -0.39 is 17.5 Å². The van der Waals surface area contributed by atoms with E-state index in [9.17, 15) is 13.2 Å². The maximum absolute atomic E-state index is 14.3. The normalized spacial score (nSPS) is 26.9. The van der Waals surface area contributed by atoms with Crippen LogP contribution in [-0.4, -0.2) is 0 Å². The molecule has 4 atom stereocenters. The van der Waals surface area contributed by atoms with E-state index >= 15 is 0 Å². The molecule has 148 valence electrons. The summed E-state index contributed by atoms with van der Waals surface area (Å²) >= 11 is 5.91. The summed E-state index contributed by atoms with van der Waals surface area (Å²) in [4.78, 5) is 0. The van der Waals surface area contributed by atoms with Crippen LogP contribution in [0, 0.1) is 29.3 Å². The van der Waals surface area contributed by atoms with Crippen molar-refractivity contribution in [3.05, 3.63) is 81.6 Å². The fraction of sp³-hybridized carbons (Fsp3) is 0.417. The highest BCUT2D eigenvalue weighted by molar-refractivity contribution is 6.30. The lowest BCUT2D eigenvalue weighted by atomic mass is 9.58. The SMILES string of the molecule is CC/C=C/[C@@H]1CC[C@H]2c3cc(F)cc(F)c3CC[C@@H]2[C@H]1c1ccc(Cl)c(F)c1. The van der Waals surface area contributed by atoms with Crippen LogP contribution in [0.2, 0.25) is 5.02 Å². The minimum atomic E-state index is -0.515. The zero-order chi connectivity index (χ0) is 19.8. The topological polar surface area (TPSA) is 0 Å². The van der Waals surface area contributed by atoms with Crippen molar-refractivity contribution >= 4 is 11.6 Å². The third-order valence-corrected chi connectivity index (χ3v) is 6.83. The molecule has 0 nitrogen and oxygen atoms in total. The summed E-state index contributed by atoms with van der Waals surface area (Å²) in [7, 11) is 0. The molecule has 1 fully saturated rings. The summed E-state index contributed by atoms with van der Waals surface area (Å²) < 4.78 is 42.5. The number of allylic oxidation sites excluding steroid dienone is 2. The Labute approximate surface area is 169 Å². The molecule has 0 amide bonds. The first-order chi connectivity index (χ1) is 13.5. The molecule has 4 rings (SSSR count). The van der Waals surface area contributed by atoms with Gasteiger partial charge in [0.2, 0.25) is 0 Å². The molecule has 0 spiro atoms. The molecule has 2 aliphatic carbocycles. The number of fused-ring (bicyclic) bond motifs is 3. The molecular weight excluding hydrogens is 381 g/mol. The average molecular weight is 405 g/mol.